The molecule has 2 aromatic heterocycles. The van der Waals surface area contributed by atoms with Gasteiger partial charge >= 0.3 is 0 Å². The molecular weight excluding hydrogens is 276 g/mol. The van der Waals surface area contributed by atoms with Crippen LogP contribution in [0, 0.1) is 0 Å². The zero-order chi connectivity index (χ0) is 14.8. The molecule has 108 valence electrons. The second kappa shape index (κ2) is 5.72. The van der Waals surface area contributed by atoms with Gasteiger partial charge in [0, 0.05) is 24.5 Å². The van der Waals surface area contributed by atoms with Gasteiger partial charge in [-0.25, -0.2) is 13.1 Å². The van der Waals surface area contributed by atoms with Crippen molar-refractivity contribution >= 4 is 10.0 Å². The Bertz CT molecular complexity index is 665. The predicted molar refractivity (Wildman–Crippen MR) is 75.6 cm³/mol. The van der Waals surface area contributed by atoms with E-state index in [1.165, 1.54) is 16.9 Å². The van der Waals surface area contributed by atoms with E-state index in [1.54, 1.807) is 25.4 Å². The molecule has 0 aliphatic heterocycles. The summed E-state index contributed by atoms with van der Waals surface area (Å²) in [5, 5.41) is 4.22. The van der Waals surface area contributed by atoms with E-state index >= 15 is 0 Å². The van der Waals surface area contributed by atoms with Crippen LogP contribution in [-0.2, 0) is 10.0 Å². The first kappa shape index (κ1) is 14.7. The Kier molecular flexibility index (Phi) is 4.20. The van der Waals surface area contributed by atoms with E-state index in [-0.39, 0.29) is 17.1 Å². The minimum atomic E-state index is -3.62. The number of hydrogen-bond donors (Lipinski definition) is 1. The van der Waals surface area contributed by atoms with Crippen LogP contribution in [0.2, 0.25) is 0 Å². The molecule has 0 amide bonds. The van der Waals surface area contributed by atoms with Crippen molar-refractivity contribution in [2.75, 3.05) is 0 Å². The summed E-state index contributed by atoms with van der Waals surface area (Å²) in [4.78, 5) is 3.99. The highest BCUT2D eigenvalue weighted by Gasteiger charge is 2.23. The lowest BCUT2D eigenvalue weighted by molar-refractivity contribution is 0.473. The van der Waals surface area contributed by atoms with Gasteiger partial charge in [-0.05, 0) is 38.5 Å². The first-order chi connectivity index (χ1) is 9.42. The highest BCUT2D eigenvalue weighted by atomic mass is 32.2. The monoisotopic (exact) mass is 294 g/mol. The molecule has 0 fully saturated rings. The molecule has 0 bridgehead atoms. The van der Waals surface area contributed by atoms with E-state index in [4.69, 9.17) is 0 Å². The predicted octanol–water partition coefficient (Wildman–Crippen LogP) is 1.90. The zero-order valence-electron chi connectivity index (χ0n) is 11.7. The van der Waals surface area contributed by atoms with Crippen molar-refractivity contribution in [2.45, 2.75) is 37.9 Å². The Balaban J connectivity index is 2.26. The van der Waals surface area contributed by atoms with Gasteiger partial charge in [0.05, 0.1) is 6.20 Å². The Hall–Kier alpha value is -1.73. The topological polar surface area (TPSA) is 76.9 Å². The van der Waals surface area contributed by atoms with Crippen LogP contribution < -0.4 is 4.72 Å². The number of pyridine rings is 1. The van der Waals surface area contributed by atoms with Crippen LogP contribution in [-0.4, -0.2) is 23.2 Å². The molecule has 7 heteroatoms. The third-order valence-electron chi connectivity index (χ3n) is 2.91. The van der Waals surface area contributed by atoms with Crippen molar-refractivity contribution in [3.8, 4) is 0 Å². The molecule has 0 aliphatic rings. The summed E-state index contributed by atoms with van der Waals surface area (Å²) in [5.74, 6) is 0. The zero-order valence-corrected chi connectivity index (χ0v) is 12.5. The molecule has 1 N–H and O–H groups in total. The van der Waals surface area contributed by atoms with E-state index in [0.717, 1.165) is 5.56 Å². The van der Waals surface area contributed by atoms with Gasteiger partial charge in [-0.1, -0.05) is 6.07 Å². The molecular formula is C13H18N4O2S. The van der Waals surface area contributed by atoms with Crippen LogP contribution in [0.5, 0.6) is 0 Å². The highest BCUT2D eigenvalue weighted by Crippen LogP contribution is 2.18. The van der Waals surface area contributed by atoms with Crippen LogP contribution in [0.1, 0.15) is 38.4 Å². The van der Waals surface area contributed by atoms with Crippen LogP contribution in [0.15, 0.2) is 41.8 Å². The minimum absolute atomic E-state index is 0.0229. The van der Waals surface area contributed by atoms with Crippen LogP contribution in [0.25, 0.3) is 0 Å². The summed E-state index contributed by atoms with van der Waals surface area (Å²) in [6.07, 6.45) is 4.79. The van der Waals surface area contributed by atoms with Gasteiger partial charge in [0.1, 0.15) is 0 Å². The smallest absolute Gasteiger partial charge is 0.258 e. The molecule has 0 radical (unpaired) electrons. The van der Waals surface area contributed by atoms with E-state index in [0.29, 0.717) is 0 Å². The summed E-state index contributed by atoms with van der Waals surface area (Å²) < 4.78 is 28.9. The molecule has 0 unspecified atom stereocenters. The Morgan fingerprint density at radius 2 is 1.95 bits per heavy atom. The van der Waals surface area contributed by atoms with Crippen molar-refractivity contribution in [3.05, 3.63) is 42.4 Å². The lowest BCUT2D eigenvalue weighted by Gasteiger charge is -2.16. The first-order valence-electron chi connectivity index (χ1n) is 6.37. The Labute approximate surface area is 118 Å². The van der Waals surface area contributed by atoms with E-state index in [9.17, 15) is 8.42 Å². The lowest BCUT2D eigenvalue weighted by Crippen LogP contribution is -2.29. The molecule has 20 heavy (non-hydrogen) atoms. The first-order valence-corrected chi connectivity index (χ1v) is 7.86. The van der Waals surface area contributed by atoms with Gasteiger partial charge < -0.3 is 0 Å². The molecule has 2 aromatic rings. The highest BCUT2D eigenvalue weighted by molar-refractivity contribution is 7.89. The normalized spacial score (nSPS) is 13.6. The SMILES string of the molecule is CC(C)n1nccc1S(=O)(=O)N[C@@H](C)c1cccnc1. The van der Waals surface area contributed by atoms with Gasteiger partial charge in [-0.3, -0.25) is 9.67 Å². The fourth-order valence-corrected chi connectivity index (χ4v) is 3.36. The lowest BCUT2D eigenvalue weighted by atomic mass is 10.2. The number of aromatic nitrogens is 3. The second-order valence-electron chi connectivity index (χ2n) is 4.84. The third-order valence-corrected chi connectivity index (χ3v) is 4.45. The van der Waals surface area contributed by atoms with Gasteiger partial charge in [-0.2, -0.15) is 5.10 Å². The molecule has 1 atom stereocenters. The number of nitrogens with zero attached hydrogens (tertiary/aromatic N) is 3. The maximum atomic E-state index is 12.4. The number of sulfonamides is 1. The molecule has 0 saturated carbocycles. The Morgan fingerprint density at radius 3 is 2.55 bits per heavy atom. The van der Waals surface area contributed by atoms with E-state index in [2.05, 4.69) is 14.8 Å². The molecule has 0 aromatic carbocycles. The fourth-order valence-electron chi connectivity index (χ4n) is 1.90. The number of hydrogen-bond acceptors (Lipinski definition) is 4. The summed E-state index contributed by atoms with van der Waals surface area (Å²) in [6.45, 7) is 5.55. The van der Waals surface area contributed by atoms with Crippen molar-refractivity contribution in [2.24, 2.45) is 0 Å². The Morgan fingerprint density at radius 1 is 1.20 bits per heavy atom. The summed E-state index contributed by atoms with van der Waals surface area (Å²) in [7, 11) is -3.62. The summed E-state index contributed by atoms with van der Waals surface area (Å²) >= 11 is 0. The van der Waals surface area contributed by atoms with Crippen LogP contribution in [0.3, 0.4) is 0 Å². The molecule has 2 heterocycles. The fraction of sp³-hybridized carbons (Fsp3) is 0.385. The second-order valence-corrected chi connectivity index (χ2v) is 6.50. The molecule has 2 rings (SSSR count). The average molecular weight is 294 g/mol. The van der Waals surface area contributed by atoms with Gasteiger partial charge in [-0.15, -0.1) is 0 Å². The maximum absolute atomic E-state index is 12.4. The van der Waals surface area contributed by atoms with Crippen molar-refractivity contribution < 1.29 is 8.42 Å². The van der Waals surface area contributed by atoms with E-state index in [1.807, 2.05) is 19.9 Å². The van der Waals surface area contributed by atoms with Crippen molar-refractivity contribution in [1.82, 2.24) is 19.5 Å². The van der Waals surface area contributed by atoms with Crippen molar-refractivity contribution in [1.29, 1.82) is 0 Å². The number of nitrogens with one attached hydrogen (secondary N) is 1. The van der Waals surface area contributed by atoms with Crippen LogP contribution in [0.4, 0.5) is 0 Å². The molecule has 0 spiro atoms. The molecule has 0 aliphatic carbocycles. The largest absolute Gasteiger partial charge is 0.264 e. The van der Waals surface area contributed by atoms with E-state index < -0.39 is 10.0 Å². The van der Waals surface area contributed by atoms with Crippen molar-refractivity contribution in [3.63, 3.8) is 0 Å². The van der Waals surface area contributed by atoms with Gasteiger partial charge in [0.2, 0.25) is 0 Å². The van der Waals surface area contributed by atoms with Gasteiger partial charge in [0.25, 0.3) is 10.0 Å². The van der Waals surface area contributed by atoms with Crippen LogP contribution >= 0.6 is 0 Å². The number of rotatable bonds is 5. The minimum Gasteiger partial charge on any atom is -0.264 e. The molecule has 0 saturated heterocycles. The van der Waals surface area contributed by atoms with Gasteiger partial charge in [0.15, 0.2) is 5.03 Å². The standard InChI is InChI=1S/C13H18N4O2S/c1-10(2)17-13(6-8-15-17)20(18,19)16-11(3)12-5-4-7-14-9-12/h4-11,16H,1-3H3/t11-/m0/s1. The molecule has 6 nitrogen and oxygen atoms in total. The maximum Gasteiger partial charge on any atom is 0.258 e. The summed E-state index contributed by atoms with van der Waals surface area (Å²) in [6, 6.07) is 4.73. The third kappa shape index (κ3) is 3.05. The summed E-state index contributed by atoms with van der Waals surface area (Å²) in [5.41, 5.74) is 0.812. The average Bonchev–Trinajstić information content (AvgIpc) is 2.89. The quantitative estimate of drug-likeness (QED) is 0.913.